The molecule has 1 saturated carbocycles. The van der Waals surface area contributed by atoms with E-state index in [-0.39, 0.29) is 11.7 Å². The first kappa shape index (κ1) is 13.8. The van der Waals surface area contributed by atoms with Gasteiger partial charge in [0, 0.05) is 16.9 Å². The maximum atomic E-state index is 12.1. The Labute approximate surface area is 127 Å². The Morgan fingerprint density at radius 2 is 2.14 bits per heavy atom. The molecule has 106 valence electrons. The molecule has 0 radical (unpaired) electrons. The number of rotatable bonds is 5. The van der Waals surface area contributed by atoms with Gasteiger partial charge in [-0.3, -0.25) is 4.79 Å². The number of aromatic nitrogens is 1. The lowest BCUT2D eigenvalue weighted by molar-refractivity contribution is -0.120. The van der Waals surface area contributed by atoms with Crippen molar-refractivity contribution in [3.05, 3.63) is 34.7 Å². The number of hydrogen-bond acceptors (Lipinski definition) is 5. The monoisotopic (exact) mass is 298 g/mol. The van der Waals surface area contributed by atoms with Gasteiger partial charge in [0.05, 0.1) is 18.9 Å². The molecule has 1 atom stereocenters. The minimum atomic E-state index is -0.713. The number of thiazole rings is 1. The van der Waals surface area contributed by atoms with Crippen molar-refractivity contribution in [3.63, 3.8) is 0 Å². The van der Waals surface area contributed by atoms with Crippen LogP contribution in [0.3, 0.4) is 0 Å². The van der Waals surface area contributed by atoms with Crippen LogP contribution in [0.2, 0.25) is 0 Å². The zero-order valence-corrected chi connectivity index (χ0v) is 12.4. The summed E-state index contributed by atoms with van der Waals surface area (Å²) in [5, 5.41) is 11.7. The van der Waals surface area contributed by atoms with Gasteiger partial charge in [0.15, 0.2) is 11.7 Å². The van der Waals surface area contributed by atoms with Gasteiger partial charge in [-0.1, -0.05) is 0 Å². The number of carbonyl (C=O) groups is 1. The van der Waals surface area contributed by atoms with Crippen LogP contribution in [-0.2, 0) is 4.79 Å². The van der Waals surface area contributed by atoms with Gasteiger partial charge < -0.3 is 4.74 Å². The maximum Gasteiger partial charge on any atom is 0.160 e. The van der Waals surface area contributed by atoms with Crippen LogP contribution < -0.4 is 4.74 Å². The maximum absolute atomic E-state index is 12.1. The van der Waals surface area contributed by atoms with Crippen LogP contribution in [-0.4, -0.2) is 17.9 Å². The molecule has 1 fully saturated rings. The number of nitrogens with zero attached hydrogens (tertiary/aromatic N) is 2. The van der Waals surface area contributed by atoms with E-state index in [1.807, 2.05) is 29.6 Å². The van der Waals surface area contributed by atoms with Crippen LogP contribution in [0.1, 0.15) is 23.8 Å². The van der Waals surface area contributed by atoms with Crippen LogP contribution in [0, 0.1) is 17.2 Å². The molecule has 3 rings (SSSR count). The topological polar surface area (TPSA) is 63.0 Å². The van der Waals surface area contributed by atoms with Crippen LogP contribution in [0.4, 0.5) is 0 Å². The Balaban J connectivity index is 1.84. The van der Waals surface area contributed by atoms with E-state index in [1.165, 1.54) is 11.3 Å². The smallest absolute Gasteiger partial charge is 0.160 e. The van der Waals surface area contributed by atoms with Crippen molar-refractivity contribution in [2.45, 2.75) is 18.8 Å². The molecule has 1 aromatic heterocycles. The van der Waals surface area contributed by atoms with Gasteiger partial charge in [-0.25, -0.2) is 4.98 Å². The van der Waals surface area contributed by atoms with E-state index in [9.17, 15) is 10.1 Å². The van der Waals surface area contributed by atoms with Crippen molar-refractivity contribution in [2.75, 3.05) is 7.11 Å². The minimum absolute atomic E-state index is 0.0214. The molecule has 0 N–H and O–H groups in total. The average Bonchev–Trinajstić information content (AvgIpc) is 3.27. The molecule has 0 aliphatic heterocycles. The van der Waals surface area contributed by atoms with Gasteiger partial charge in [-0.15, -0.1) is 11.3 Å². The molecule has 0 unspecified atom stereocenters. The van der Waals surface area contributed by atoms with Crippen LogP contribution in [0.25, 0.3) is 11.3 Å². The Bertz CT molecular complexity index is 696. The summed E-state index contributed by atoms with van der Waals surface area (Å²) in [6.45, 7) is 0. The second kappa shape index (κ2) is 5.66. The Hall–Kier alpha value is -2.19. The fourth-order valence-electron chi connectivity index (χ4n) is 2.16. The Morgan fingerprint density at radius 3 is 2.71 bits per heavy atom. The second-order valence-corrected chi connectivity index (χ2v) is 5.93. The predicted molar refractivity (Wildman–Crippen MR) is 80.2 cm³/mol. The molecule has 1 aromatic carbocycles. The third-order valence-corrected chi connectivity index (χ3v) is 4.46. The predicted octanol–water partition coefficient (Wildman–Crippen LogP) is 3.40. The zero-order chi connectivity index (χ0) is 14.8. The van der Waals surface area contributed by atoms with E-state index in [0.29, 0.717) is 5.01 Å². The Kier molecular flexibility index (Phi) is 3.72. The molecule has 0 bridgehead atoms. The molecular formula is C16H14N2O2S. The third kappa shape index (κ3) is 2.81. The van der Waals surface area contributed by atoms with Gasteiger partial charge >= 0.3 is 0 Å². The molecule has 0 spiro atoms. The molecule has 21 heavy (non-hydrogen) atoms. The van der Waals surface area contributed by atoms with Crippen molar-refractivity contribution >= 4 is 17.1 Å². The number of benzene rings is 1. The molecule has 5 heteroatoms. The molecular weight excluding hydrogens is 284 g/mol. The van der Waals surface area contributed by atoms with Gasteiger partial charge in [-0.05, 0) is 37.1 Å². The first-order valence-electron chi connectivity index (χ1n) is 6.76. The van der Waals surface area contributed by atoms with E-state index < -0.39 is 5.92 Å². The highest BCUT2D eigenvalue weighted by atomic mass is 32.1. The second-order valence-electron chi connectivity index (χ2n) is 5.04. The SMILES string of the molecule is COc1ccc(-c2csc([C@H](C#N)C(=O)C3CC3)n2)cc1. The zero-order valence-electron chi connectivity index (χ0n) is 11.6. The summed E-state index contributed by atoms with van der Waals surface area (Å²) < 4.78 is 5.13. The van der Waals surface area contributed by atoms with Crippen molar-refractivity contribution in [1.82, 2.24) is 4.98 Å². The van der Waals surface area contributed by atoms with Crippen LogP contribution in [0.15, 0.2) is 29.6 Å². The lowest BCUT2D eigenvalue weighted by Gasteiger charge is -2.03. The molecule has 4 nitrogen and oxygen atoms in total. The number of ether oxygens (including phenoxy) is 1. The van der Waals surface area contributed by atoms with Gasteiger partial charge in [0.2, 0.25) is 0 Å². The van der Waals surface area contributed by atoms with E-state index in [0.717, 1.165) is 29.8 Å². The lowest BCUT2D eigenvalue weighted by atomic mass is 10.0. The highest BCUT2D eigenvalue weighted by Gasteiger charge is 2.36. The van der Waals surface area contributed by atoms with Gasteiger partial charge in [-0.2, -0.15) is 5.26 Å². The van der Waals surface area contributed by atoms with Crippen molar-refractivity contribution in [1.29, 1.82) is 5.26 Å². The number of hydrogen-bond donors (Lipinski definition) is 0. The summed E-state index contributed by atoms with van der Waals surface area (Å²) in [5.41, 5.74) is 1.75. The quantitative estimate of drug-likeness (QED) is 0.848. The summed E-state index contributed by atoms with van der Waals surface area (Å²) in [6.07, 6.45) is 1.82. The first-order chi connectivity index (χ1) is 10.2. The number of nitriles is 1. The fourth-order valence-corrected chi connectivity index (χ4v) is 3.04. The highest BCUT2D eigenvalue weighted by molar-refractivity contribution is 7.10. The van der Waals surface area contributed by atoms with Crippen molar-refractivity contribution < 1.29 is 9.53 Å². The summed E-state index contributed by atoms with van der Waals surface area (Å²) >= 11 is 1.37. The summed E-state index contributed by atoms with van der Waals surface area (Å²) in [6, 6.07) is 9.67. The number of methoxy groups -OCH3 is 1. The number of ketones is 1. The van der Waals surface area contributed by atoms with E-state index in [4.69, 9.17) is 4.74 Å². The van der Waals surface area contributed by atoms with E-state index >= 15 is 0 Å². The minimum Gasteiger partial charge on any atom is -0.497 e. The molecule has 0 saturated heterocycles. The largest absolute Gasteiger partial charge is 0.497 e. The number of carbonyl (C=O) groups excluding carboxylic acids is 1. The normalized spacial score (nSPS) is 15.2. The van der Waals surface area contributed by atoms with Crippen LogP contribution >= 0.6 is 11.3 Å². The van der Waals surface area contributed by atoms with Gasteiger partial charge in [0.1, 0.15) is 10.8 Å². The molecule has 1 aliphatic rings. The lowest BCUT2D eigenvalue weighted by Crippen LogP contribution is -2.12. The fraction of sp³-hybridized carbons (Fsp3) is 0.312. The molecule has 0 amide bonds. The van der Waals surface area contributed by atoms with Crippen LogP contribution in [0.5, 0.6) is 5.75 Å². The number of Topliss-reactive ketones (excluding diaryl/α,β-unsaturated/α-hetero) is 1. The average molecular weight is 298 g/mol. The third-order valence-electron chi connectivity index (χ3n) is 3.55. The van der Waals surface area contributed by atoms with E-state index in [1.54, 1.807) is 7.11 Å². The summed E-state index contributed by atoms with van der Waals surface area (Å²) in [7, 11) is 1.62. The summed E-state index contributed by atoms with van der Waals surface area (Å²) in [5.74, 6) is 0.165. The summed E-state index contributed by atoms with van der Waals surface area (Å²) in [4.78, 5) is 16.6. The Morgan fingerprint density at radius 1 is 1.43 bits per heavy atom. The first-order valence-corrected chi connectivity index (χ1v) is 7.64. The molecule has 1 aliphatic carbocycles. The standard InChI is InChI=1S/C16H14N2O2S/c1-20-12-6-4-10(5-7-12)14-9-21-16(18-14)13(8-17)15(19)11-2-3-11/h4-7,9,11,13H,2-3H2,1H3/t13-/m1/s1. The molecule has 1 heterocycles. The van der Waals surface area contributed by atoms with Crippen molar-refractivity contribution in [2.24, 2.45) is 5.92 Å². The van der Waals surface area contributed by atoms with E-state index in [2.05, 4.69) is 11.1 Å². The van der Waals surface area contributed by atoms with Gasteiger partial charge in [0.25, 0.3) is 0 Å². The van der Waals surface area contributed by atoms with Crippen molar-refractivity contribution in [3.8, 4) is 23.1 Å². The molecule has 2 aromatic rings. The highest BCUT2D eigenvalue weighted by Crippen LogP contribution is 2.37.